The lowest BCUT2D eigenvalue weighted by molar-refractivity contribution is -0.0716. The zero-order valence-electron chi connectivity index (χ0n) is 9.33. The van der Waals surface area contributed by atoms with Crippen molar-refractivity contribution < 1.29 is 14.7 Å². The van der Waals surface area contributed by atoms with Crippen molar-refractivity contribution in [3.8, 4) is 11.5 Å². The van der Waals surface area contributed by atoms with Crippen LogP contribution in [0.15, 0.2) is 16.6 Å². The number of ether oxygens (including phenoxy) is 2. The van der Waals surface area contributed by atoms with Gasteiger partial charge in [0.2, 0.25) is 0 Å². The van der Waals surface area contributed by atoms with Crippen molar-refractivity contribution >= 4 is 15.9 Å². The van der Waals surface area contributed by atoms with Gasteiger partial charge in [0, 0.05) is 23.9 Å². The maximum Gasteiger partial charge on any atom is 0.251 e. The molecular formula is C12H14BrNO3. The molecule has 1 aromatic carbocycles. The summed E-state index contributed by atoms with van der Waals surface area (Å²) in [6.45, 7) is 0.379. The normalized spacial score (nSPS) is 20.1. The summed E-state index contributed by atoms with van der Waals surface area (Å²) in [5.74, 6) is 1.15. The molecule has 3 rings (SSSR count). The number of benzene rings is 1. The van der Waals surface area contributed by atoms with Crippen molar-refractivity contribution in [1.82, 2.24) is 5.48 Å². The standard InChI is InChI=1S/C12H14BrNO3/c13-9-6-11-10(5-8(9)7-14-15)16-12(17-11)3-1-2-4-12/h5-6,14-15H,1-4,7H2. The van der Waals surface area contributed by atoms with E-state index in [9.17, 15) is 0 Å². The van der Waals surface area contributed by atoms with E-state index >= 15 is 0 Å². The van der Waals surface area contributed by atoms with Gasteiger partial charge in [-0.2, -0.15) is 0 Å². The second-order valence-electron chi connectivity index (χ2n) is 4.55. The smallest absolute Gasteiger partial charge is 0.251 e. The highest BCUT2D eigenvalue weighted by atomic mass is 79.9. The fraction of sp³-hybridized carbons (Fsp3) is 0.500. The molecule has 1 saturated carbocycles. The minimum Gasteiger partial charge on any atom is -0.448 e. The molecule has 0 aromatic heterocycles. The lowest BCUT2D eigenvalue weighted by atomic mass is 10.2. The molecule has 1 aliphatic carbocycles. The van der Waals surface area contributed by atoms with Gasteiger partial charge in [-0.1, -0.05) is 15.9 Å². The highest BCUT2D eigenvalue weighted by molar-refractivity contribution is 9.10. The van der Waals surface area contributed by atoms with Crippen LogP contribution in [0.3, 0.4) is 0 Å². The molecule has 0 bridgehead atoms. The number of halogens is 1. The molecule has 92 valence electrons. The molecule has 5 heteroatoms. The van der Waals surface area contributed by atoms with E-state index in [1.54, 1.807) is 0 Å². The van der Waals surface area contributed by atoms with Crippen molar-refractivity contribution in [1.29, 1.82) is 0 Å². The van der Waals surface area contributed by atoms with E-state index in [0.717, 1.165) is 47.2 Å². The molecule has 0 amide bonds. The number of fused-ring (bicyclic) bond motifs is 1. The lowest BCUT2D eigenvalue weighted by Gasteiger charge is -2.21. The van der Waals surface area contributed by atoms with Crippen molar-refractivity contribution in [3.63, 3.8) is 0 Å². The average molecular weight is 300 g/mol. The maximum absolute atomic E-state index is 8.75. The number of hydrogen-bond donors (Lipinski definition) is 2. The molecule has 1 spiro atoms. The predicted octanol–water partition coefficient (Wildman–Crippen LogP) is 2.97. The van der Waals surface area contributed by atoms with Gasteiger partial charge < -0.3 is 14.7 Å². The van der Waals surface area contributed by atoms with Crippen molar-refractivity contribution in [2.75, 3.05) is 0 Å². The first-order valence-corrected chi connectivity index (χ1v) is 6.59. The van der Waals surface area contributed by atoms with Crippen molar-refractivity contribution in [2.24, 2.45) is 0 Å². The van der Waals surface area contributed by atoms with Crippen LogP contribution in [0.5, 0.6) is 11.5 Å². The molecular weight excluding hydrogens is 286 g/mol. The SMILES string of the molecule is ONCc1cc2c(cc1Br)OC1(CCCC1)O2. The van der Waals surface area contributed by atoms with Crippen LogP contribution in [0.25, 0.3) is 0 Å². The van der Waals surface area contributed by atoms with Gasteiger partial charge in [-0.15, -0.1) is 0 Å². The topological polar surface area (TPSA) is 50.7 Å². The Hall–Kier alpha value is -0.780. The first-order chi connectivity index (χ1) is 8.22. The van der Waals surface area contributed by atoms with Gasteiger partial charge in [-0.3, -0.25) is 0 Å². The monoisotopic (exact) mass is 299 g/mol. The van der Waals surface area contributed by atoms with E-state index in [0.29, 0.717) is 6.54 Å². The van der Waals surface area contributed by atoms with Gasteiger partial charge >= 0.3 is 0 Å². The highest BCUT2D eigenvalue weighted by Crippen LogP contribution is 2.48. The molecule has 1 aliphatic heterocycles. The molecule has 0 unspecified atom stereocenters. The van der Waals surface area contributed by atoms with Gasteiger partial charge in [0.1, 0.15) is 0 Å². The second-order valence-corrected chi connectivity index (χ2v) is 5.40. The van der Waals surface area contributed by atoms with E-state index in [1.165, 1.54) is 0 Å². The summed E-state index contributed by atoms with van der Waals surface area (Å²) in [4.78, 5) is 0. The van der Waals surface area contributed by atoms with E-state index in [1.807, 2.05) is 12.1 Å². The largest absolute Gasteiger partial charge is 0.448 e. The van der Waals surface area contributed by atoms with Crippen LogP contribution < -0.4 is 15.0 Å². The Bertz CT molecular complexity index is 444. The second kappa shape index (κ2) is 4.15. The summed E-state index contributed by atoms with van der Waals surface area (Å²) in [5, 5.41) is 8.75. The van der Waals surface area contributed by atoms with Gasteiger partial charge in [0.15, 0.2) is 11.5 Å². The third-order valence-corrected chi connectivity index (χ3v) is 4.08. The third-order valence-electron chi connectivity index (χ3n) is 3.34. The number of hydrogen-bond acceptors (Lipinski definition) is 4. The zero-order valence-corrected chi connectivity index (χ0v) is 10.9. The molecule has 2 N–H and O–H groups in total. The Morgan fingerprint density at radius 3 is 2.53 bits per heavy atom. The number of hydroxylamine groups is 1. The van der Waals surface area contributed by atoms with Crippen LogP contribution in [0.1, 0.15) is 31.2 Å². The van der Waals surface area contributed by atoms with Crippen LogP contribution in [0.2, 0.25) is 0 Å². The molecule has 2 aliphatic rings. The summed E-state index contributed by atoms with van der Waals surface area (Å²) in [6.07, 6.45) is 4.21. The summed E-state index contributed by atoms with van der Waals surface area (Å²) < 4.78 is 12.8. The maximum atomic E-state index is 8.75. The minimum absolute atomic E-state index is 0.379. The quantitative estimate of drug-likeness (QED) is 0.825. The molecule has 0 saturated heterocycles. The fourth-order valence-corrected chi connectivity index (χ4v) is 2.96. The average Bonchev–Trinajstić information content (AvgIpc) is 2.87. The van der Waals surface area contributed by atoms with E-state index < -0.39 is 5.79 Å². The van der Waals surface area contributed by atoms with E-state index in [2.05, 4.69) is 21.4 Å². The van der Waals surface area contributed by atoms with Crippen LogP contribution in [-0.2, 0) is 6.54 Å². The zero-order chi connectivity index (χ0) is 11.9. The third kappa shape index (κ3) is 1.92. The molecule has 4 nitrogen and oxygen atoms in total. The molecule has 0 radical (unpaired) electrons. The summed E-state index contributed by atoms with van der Waals surface area (Å²) >= 11 is 3.46. The van der Waals surface area contributed by atoms with Crippen LogP contribution in [-0.4, -0.2) is 11.0 Å². The Balaban J connectivity index is 1.92. The Kier molecular flexibility index (Phi) is 2.77. The summed E-state index contributed by atoms with van der Waals surface area (Å²) in [6, 6.07) is 3.82. The predicted molar refractivity (Wildman–Crippen MR) is 65.2 cm³/mol. The molecule has 17 heavy (non-hydrogen) atoms. The Morgan fingerprint density at radius 1 is 1.24 bits per heavy atom. The highest BCUT2D eigenvalue weighted by Gasteiger charge is 2.44. The van der Waals surface area contributed by atoms with Crippen LogP contribution in [0.4, 0.5) is 0 Å². The van der Waals surface area contributed by atoms with Crippen LogP contribution >= 0.6 is 15.9 Å². The molecule has 1 heterocycles. The number of rotatable bonds is 2. The van der Waals surface area contributed by atoms with Gasteiger partial charge in [-0.05, 0) is 30.5 Å². The Morgan fingerprint density at radius 2 is 1.88 bits per heavy atom. The van der Waals surface area contributed by atoms with Crippen molar-refractivity contribution in [2.45, 2.75) is 38.0 Å². The molecule has 1 aromatic rings. The van der Waals surface area contributed by atoms with Crippen LogP contribution in [0, 0.1) is 0 Å². The van der Waals surface area contributed by atoms with E-state index in [-0.39, 0.29) is 0 Å². The molecule has 0 atom stereocenters. The number of nitrogens with one attached hydrogen (secondary N) is 1. The van der Waals surface area contributed by atoms with E-state index in [4.69, 9.17) is 14.7 Å². The Labute approximate surface area is 108 Å². The van der Waals surface area contributed by atoms with Crippen molar-refractivity contribution in [3.05, 3.63) is 22.2 Å². The van der Waals surface area contributed by atoms with Gasteiger partial charge in [0.25, 0.3) is 5.79 Å². The first kappa shape index (κ1) is 11.3. The minimum atomic E-state index is -0.424. The van der Waals surface area contributed by atoms with Gasteiger partial charge in [-0.25, -0.2) is 5.48 Å². The molecule has 1 fully saturated rings. The fourth-order valence-electron chi connectivity index (χ4n) is 2.50. The summed E-state index contributed by atoms with van der Waals surface area (Å²) in [5.41, 5.74) is 3.10. The summed E-state index contributed by atoms with van der Waals surface area (Å²) in [7, 11) is 0. The first-order valence-electron chi connectivity index (χ1n) is 5.80. The lowest BCUT2D eigenvalue weighted by Crippen LogP contribution is -2.34. The van der Waals surface area contributed by atoms with Gasteiger partial charge in [0.05, 0.1) is 0 Å².